The number of nitrogens with one attached hydrogen (secondary N) is 1. The molecule has 3 nitrogen and oxygen atoms in total. The van der Waals surface area contributed by atoms with Gasteiger partial charge in [-0.15, -0.1) is 11.3 Å². The molecule has 0 amide bonds. The molecular weight excluding hydrogens is 274 g/mol. The molecule has 1 N–H and O–H groups in total. The third-order valence-corrected chi connectivity index (χ3v) is 7.06. The van der Waals surface area contributed by atoms with Crippen molar-refractivity contribution in [3.8, 4) is 0 Å². The van der Waals surface area contributed by atoms with Gasteiger partial charge in [-0.2, -0.15) is 0 Å². The molecule has 0 fully saturated rings. The third-order valence-electron chi connectivity index (χ3n) is 3.43. The van der Waals surface area contributed by atoms with Gasteiger partial charge in [0.1, 0.15) is 4.75 Å². The highest BCUT2D eigenvalue weighted by atomic mass is 32.2. The minimum atomic E-state index is -1.09. The molecule has 0 bridgehead atoms. The van der Waals surface area contributed by atoms with Gasteiger partial charge in [0.2, 0.25) is 0 Å². The first kappa shape index (κ1) is 19.2. The van der Waals surface area contributed by atoms with E-state index in [2.05, 4.69) is 39.0 Å². The largest absolute Gasteiger partial charge is 0.598 e. The Bertz CT molecular complexity index is 277. The van der Waals surface area contributed by atoms with Crippen LogP contribution in [-0.2, 0) is 15.8 Å². The van der Waals surface area contributed by atoms with Crippen molar-refractivity contribution in [3.63, 3.8) is 0 Å². The first-order valence-corrected chi connectivity index (χ1v) is 9.32. The average Bonchev–Trinajstić information content (AvgIpc) is 2.25. The molecule has 0 heterocycles. The standard InChI is InChI=1S/C14H31NO2SSi/c1-9-12(15-18(16)13(4,5)6)10-17-19-14(7,8)11(2)3/h9,11-12,15H,1,10,19H2,2-8H3. The van der Waals surface area contributed by atoms with Gasteiger partial charge in [0.25, 0.3) is 0 Å². The SMILES string of the molecule is C=CC(CO[SiH2]C(C)(C)C(C)C)N[S+]([O-])C(C)(C)C. The zero-order valence-corrected chi connectivity index (χ0v) is 15.8. The molecule has 0 spiro atoms. The number of rotatable bonds is 8. The van der Waals surface area contributed by atoms with Gasteiger partial charge in [-0.25, -0.2) is 0 Å². The van der Waals surface area contributed by atoms with E-state index < -0.39 is 21.1 Å². The van der Waals surface area contributed by atoms with Crippen LogP contribution >= 0.6 is 0 Å². The monoisotopic (exact) mass is 305 g/mol. The first-order valence-electron chi connectivity index (χ1n) is 6.89. The summed E-state index contributed by atoms with van der Waals surface area (Å²) in [5.41, 5.74) is 0. The summed E-state index contributed by atoms with van der Waals surface area (Å²) >= 11 is -1.09. The van der Waals surface area contributed by atoms with E-state index in [4.69, 9.17) is 4.43 Å². The molecule has 0 aromatic rings. The van der Waals surface area contributed by atoms with Crippen LogP contribution in [0.5, 0.6) is 0 Å². The van der Waals surface area contributed by atoms with Crippen LogP contribution in [0.25, 0.3) is 0 Å². The Balaban J connectivity index is 4.19. The highest BCUT2D eigenvalue weighted by molar-refractivity contribution is 7.90. The molecule has 0 aromatic carbocycles. The molecule has 0 aliphatic heterocycles. The summed E-state index contributed by atoms with van der Waals surface area (Å²) < 4.78 is 20.7. The fourth-order valence-electron chi connectivity index (χ4n) is 1.08. The normalized spacial score (nSPS) is 17.1. The summed E-state index contributed by atoms with van der Waals surface area (Å²) in [5.74, 6) is 0.623. The van der Waals surface area contributed by atoms with Crippen molar-refractivity contribution in [1.29, 1.82) is 0 Å². The molecule has 0 rings (SSSR count). The van der Waals surface area contributed by atoms with Crippen molar-refractivity contribution in [2.75, 3.05) is 6.61 Å². The number of hydrogen-bond donors (Lipinski definition) is 1. The van der Waals surface area contributed by atoms with E-state index in [-0.39, 0.29) is 15.8 Å². The maximum absolute atomic E-state index is 12.0. The second-order valence-corrected chi connectivity index (χ2v) is 11.5. The van der Waals surface area contributed by atoms with Crippen molar-refractivity contribution < 1.29 is 8.98 Å². The summed E-state index contributed by atoms with van der Waals surface area (Å²) in [6.45, 7) is 19.2. The molecule has 114 valence electrons. The molecule has 0 aromatic heterocycles. The summed E-state index contributed by atoms with van der Waals surface area (Å²) in [5, 5.41) is 0.287. The van der Waals surface area contributed by atoms with Crippen molar-refractivity contribution in [2.24, 2.45) is 5.92 Å². The molecule has 0 aliphatic carbocycles. The van der Waals surface area contributed by atoms with Gasteiger partial charge >= 0.3 is 0 Å². The van der Waals surface area contributed by atoms with E-state index in [1.807, 2.05) is 20.8 Å². The molecule has 2 unspecified atom stereocenters. The van der Waals surface area contributed by atoms with E-state index in [1.165, 1.54) is 0 Å². The van der Waals surface area contributed by atoms with Gasteiger partial charge in [-0.1, -0.05) is 33.8 Å². The average molecular weight is 306 g/mol. The minimum Gasteiger partial charge on any atom is -0.598 e. The molecule has 0 radical (unpaired) electrons. The Labute approximate surface area is 124 Å². The highest BCUT2D eigenvalue weighted by Gasteiger charge is 2.29. The van der Waals surface area contributed by atoms with Gasteiger partial charge in [-0.3, -0.25) is 0 Å². The molecule has 0 aliphatic rings. The van der Waals surface area contributed by atoms with Gasteiger partial charge in [0.05, 0.1) is 12.6 Å². The Morgan fingerprint density at radius 1 is 1.32 bits per heavy atom. The fraction of sp³-hybridized carbons (Fsp3) is 0.857. The lowest BCUT2D eigenvalue weighted by Crippen LogP contribution is -2.46. The van der Waals surface area contributed by atoms with Gasteiger partial charge in [-0.05, 0) is 31.7 Å². The van der Waals surface area contributed by atoms with E-state index in [9.17, 15) is 4.55 Å². The van der Waals surface area contributed by atoms with Crippen LogP contribution in [0.15, 0.2) is 12.7 Å². The maximum Gasteiger partial charge on any atom is 0.167 e. The zero-order chi connectivity index (χ0) is 15.3. The predicted molar refractivity (Wildman–Crippen MR) is 88.4 cm³/mol. The van der Waals surface area contributed by atoms with E-state index in [1.54, 1.807) is 6.08 Å². The van der Waals surface area contributed by atoms with Gasteiger partial charge in [0, 0.05) is 11.4 Å². The predicted octanol–water partition coefficient (Wildman–Crippen LogP) is 2.55. The zero-order valence-electron chi connectivity index (χ0n) is 13.6. The molecule has 19 heavy (non-hydrogen) atoms. The second kappa shape index (κ2) is 7.83. The fourth-order valence-corrected chi connectivity index (χ4v) is 3.10. The summed E-state index contributed by atoms with van der Waals surface area (Å²) in [4.78, 5) is 0. The van der Waals surface area contributed by atoms with Crippen molar-refractivity contribution in [2.45, 2.75) is 64.3 Å². The van der Waals surface area contributed by atoms with Gasteiger partial charge < -0.3 is 8.98 Å². The maximum atomic E-state index is 12.0. The van der Waals surface area contributed by atoms with Crippen molar-refractivity contribution in [3.05, 3.63) is 12.7 Å². The second-order valence-electron chi connectivity index (χ2n) is 7.00. The third kappa shape index (κ3) is 7.51. The summed E-state index contributed by atoms with van der Waals surface area (Å²) in [6.07, 6.45) is 1.78. The van der Waals surface area contributed by atoms with E-state index >= 15 is 0 Å². The topological polar surface area (TPSA) is 44.3 Å². The molecule has 5 heteroatoms. The smallest absolute Gasteiger partial charge is 0.167 e. The van der Waals surface area contributed by atoms with Crippen molar-refractivity contribution >= 4 is 21.1 Å². The number of hydrogen-bond acceptors (Lipinski definition) is 3. The van der Waals surface area contributed by atoms with Crippen LogP contribution in [0.3, 0.4) is 0 Å². The van der Waals surface area contributed by atoms with Crippen LogP contribution in [0, 0.1) is 5.92 Å². The Hall–Kier alpha value is 0.187. The van der Waals surface area contributed by atoms with Crippen LogP contribution in [0.2, 0.25) is 5.04 Å². The van der Waals surface area contributed by atoms with Crippen LogP contribution in [-0.4, -0.2) is 31.7 Å². The van der Waals surface area contributed by atoms with E-state index in [0.29, 0.717) is 12.5 Å². The lowest BCUT2D eigenvalue weighted by Gasteiger charge is -2.30. The van der Waals surface area contributed by atoms with Crippen LogP contribution < -0.4 is 4.72 Å². The summed E-state index contributed by atoms with van der Waals surface area (Å²) in [6, 6.07) is -0.0458. The Morgan fingerprint density at radius 3 is 2.21 bits per heavy atom. The van der Waals surface area contributed by atoms with E-state index in [0.717, 1.165) is 0 Å². The Morgan fingerprint density at radius 2 is 1.84 bits per heavy atom. The van der Waals surface area contributed by atoms with Crippen LogP contribution in [0.1, 0.15) is 48.5 Å². The molecule has 2 atom stereocenters. The first-order chi connectivity index (χ1) is 8.50. The molecule has 0 saturated heterocycles. The highest BCUT2D eigenvalue weighted by Crippen LogP contribution is 2.32. The lowest BCUT2D eigenvalue weighted by molar-refractivity contribution is 0.285. The quantitative estimate of drug-likeness (QED) is 0.426. The van der Waals surface area contributed by atoms with Crippen molar-refractivity contribution in [1.82, 2.24) is 4.72 Å². The lowest BCUT2D eigenvalue weighted by atomic mass is 9.99. The Kier molecular flexibility index (Phi) is 7.91. The van der Waals surface area contributed by atoms with Gasteiger partial charge in [0.15, 0.2) is 9.76 Å². The molecule has 0 saturated carbocycles. The van der Waals surface area contributed by atoms with Crippen LogP contribution in [0.4, 0.5) is 0 Å². The summed E-state index contributed by atoms with van der Waals surface area (Å²) in [7, 11) is -0.615. The minimum absolute atomic E-state index is 0.0458. The molecular formula is C14H31NO2SSi.